The molecule has 46 heavy (non-hydrogen) atoms. The molecule has 0 radical (unpaired) electrons. The predicted octanol–water partition coefficient (Wildman–Crippen LogP) is 6.41. The number of hydrogen-bond acceptors (Lipinski definition) is 8. The molecule has 1 aromatic carbocycles. The molecule has 0 unspecified atom stereocenters. The molecule has 10 nitrogen and oxygen atoms in total. The lowest BCUT2D eigenvalue weighted by Crippen LogP contribution is -2.24. The van der Waals surface area contributed by atoms with Gasteiger partial charge in [0.2, 0.25) is 0 Å². The van der Waals surface area contributed by atoms with Gasteiger partial charge in [0.15, 0.2) is 17.1 Å². The summed E-state index contributed by atoms with van der Waals surface area (Å²) in [6.07, 6.45) is 14.0. The van der Waals surface area contributed by atoms with E-state index in [-0.39, 0.29) is 5.82 Å². The molecule has 1 saturated carbocycles. The Balaban J connectivity index is 1.15. The molecule has 6 aromatic rings. The first-order chi connectivity index (χ1) is 22.5. The van der Waals surface area contributed by atoms with Crippen LogP contribution in [0.2, 0.25) is 0 Å². The molecule has 1 fully saturated rings. The summed E-state index contributed by atoms with van der Waals surface area (Å²) in [5.74, 6) is 1.05. The fourth-order valence-electron chi connectivity index (χ4n) is 6.33. The Morgan fingerprint density at radius 2 is 1.80 bits per heavy atom. The number of benzene rings is 1. The SMILES string of the molecule is CN(C)CCNc1cc(F)cc(-c2ccnc3nc(-c4[nH]nc5ncc(-c6cncc(CNCC7CCCCC7)c6)cc45)[nH]c23)c1. The van der Waals surface area contributed by atoms with Crippen LogP contribution in [-0.4, -0.2) is 73.7 Å². The maximum Gasteiger partial charge on any atom is 0.181 e. The molecule has 5 aromatic heterocycles. The molecular formula is C35H39FN10. The Bertz CT molecular complexity index is 1960. The number of halogens is 1. The van der Waals surface area contributed by atoms with Gasteiger partial charge in [-0.15, -0.1) is 0 Å². The summed E-state index contributed by atoms with van der Waals surface area (Å²) >= 11 is 0. The number of likely N-dealkylation sites (N-methyl/N-ethyl adjacent to an activating group) is 1. The zero-order valence-electron chi connectivity index (χ0n) is 26.3. The Hall–Kier alpha value is -4.74. The fourth-order valence-corrected chi connectivity index (χ4v) is 6.33. The van der Waals surface area contributed by atoms with Gasteiger partial charge < -0.3 is 20.5 Å². The van der Waals surface area contributed by atoms with Crippen molar-refractivity contribution in [2.45, 2.75) is 38.6 Å². The summed E-state index contributed by atoms with van der Waals surface area (Å²) in [7, 11) is 4.02. The Labute approximate surface area is 267 Å². The molecule has 1 aliphatic rings. The van der Waals surface area contributed by atoms with Gasteiger partial charge >= 0.3 is 0 Å². The highest BCUT2D eigenvalue weighted by atomic mass is 19.1. The first kappa shape index (κ1) is 29.9. The van der Waals surface area contributed by atoms with Crippen molar-refractivity contribution >= 4 is 27.9 Å². The molecule has 0 spiro atoms. The number of nitrogens with one attached hydrogen (secondary N) is 4. The zero-order chi connectivity index (χ0) is 31.5. The Kier molecular flexibility index (Phi) is 8.67. The van der Waals surface area contributed by atoms with Gasteiger partial charge in [0.05, 0.1) is 10.9 Å². The summed E-state index contributed by atoms with van der Waals surface area (Å²) in [6, 6.07) is 11.1. The van der Waals surface area contributed by atoms with Gasteiger partial charge in [-0.3, -0.25) is 10.1 Å². The number of nitrogens with zero attached hydrogens (tertiary/aromatic N) is 6. The first-order valence-electron chi connectivity index (χ1n) is 16.0. The van der Waals surface area contributed by atoms with E-state index in [1.165, 1.54) is 44.2 Å². The Morgan fingerprint density at radius 1 is 0.935 bits per heavy atom. The lowest BCUT2D eigenvalue weighted by atomic mass is 9.89. The Morgan fingerprint density at radius 3 is 2.67 bits per heavy atom. The number of pyridine rings is 3. The molecule has 4 N–H and O–H groups in total. The van der Waals surface area contributed by atoms with Gasteiger partial charge in [0.25, 0.3) is 0 Å². The second-order valence-electron chi connectivity index (χ2n) is 12.5. The number of hydrogen-bond donors (Lipinski definition) is 4. The van der Waals surface area contributed by atoms with Crippen LogP contribution < -0.4 is 10.6 Å². The smallest absolute Gasteiger partial charge is 0.181 e. The molecule has 0 atom stereocenters. The lowest BCUT2D eigenvalue weighted by Gasteiger charge is -2.21. The van der Waals surface area contributed by atoms with E-state index in [1.54, 1.807) is 6.20 Å². The van der Waals surface area contributed by atoms with Gasteiger partial charge in [0.1, 0.15) is 11.5 Å². The van der Waals surface area contributed by atoms with Gasteiger partial charge in [-0.25, -0.2) is 19.3 Å². The van der Waals surface area contributed by atoms with E-state index in [4.69, 9.17) is 4.98 Å². The van der Waals surface area contributed by atoms with E-state index in [0.29, 0.717) is 34.9 Å². The second-order valence-corrected chi connectivity index (χ2v) is 12.5. The summed E-state index contributed by atoms with van der Waals surface area (Å²) in [4.78, 5) is 24.0. The molecule has 11 heteroatoms. The minimum atomic E-state index is -0.314. The molecule has 236 valence electrons. The van der Waals surface area contributed by atoms with Crippen molar-refractivity contribution in [3.63, 3.8) is 0 Å². The third-order valence-electron chi connectivity index (χ3n) is 8.75. The number of H-pyrrole nitrogens is 2. The van der Waals surface area contributed by atoms with Crippen LogP contribution in [0.4, 0.5) is 10.1 Å². The van der Waals surface area contributed by atoms with Crippen LogP contribution >= 0.6 is 0 Å². The zero-order valence-corrected chi connectivity index (χ0v) is 26.3. The van der Waals surface area contributed by atoms with Crippen LogP contribution in [0.3, 0.4) is 0 Å². The highest BCUT2D eigenvalue weighted by Gasteiger charge is 2.18. The topological polar surface area (TPSA) is 123 Å². The molecule has 1 aliphatic carbocycles. The van der Waals surface area contributed by atoms with Crippen LogP contribution in [0.15, 0.2) is 61.2 Å². The monoisotopic (exact) mass is 618 g/mol. The summed E-state index contributed by atoms with van der Waals surface area (Å²) in [6.45, 7) is 3.38. The van der Waals surface area contributed by atoms with Gasteiger partial charge in [0, 0.05) is 66.8 Å². The van der Waals surface area contributed by atoms with Crippen LogP contribution in [0.5, 0.6) is 0 Å². The van der Waals surface area contributed by atoms with E-state index >= 15 is 0 Å². The van der Waals surface area contributed by atoms with Crippen molar-refractivity contribution in [2.75, 3.05) is 39.0 Å². The minimum absolute atomic E-state index is 0.314. The summed E-state index contributed by atoms with van der Waals surface area (Å²) in [5.41, 5.74) is 7.88. The lowest BCUT2D eigenvalue weighted by molar-refractivity contribution is 0.342. The quantitative estimate of drug-likeness (QED) is 0.131. The third kappa shape index (κ3) is 6.61. The van der Waals surface area contributed by atoms with Crippen molar-refractivity contribution in [3.8, 4) is 33.8 Å². The molecule has 7 rings (SSSR count). The predicted molar refractivity (Wildman–Crippen MR) is 181 cm³/mol. The standard InChI is InChI=1S/C35H39FN10/c1-46(2)11-10-39-28-14-24(13-27(36)16-28)29-8-9-40-34-31(29)42-35(43-34)32-30-15-26(21-41-33(30)45-44-32)25-12-23(19-38-20-25)18-37-17-22-6-4-3-5-7-22/h8-9,12-16,19-22,37,39H,3-7,10-11,17-18H2,1-2H3,(H,40,42,43)(H,41,44,45). The van der Waals surface area contributed by atoms with Crippen LogP contribution in [0.25, 0.3) is 56.0 Å². The average molecular weight is 619 g/mol. The number of aromatic amines is 2. The van der Waals surface area contributed by atoms with Crippen molar-refractivity contribution in [1.82, 2.24) is 45.3 Å². The second kappa shape index (κ2) is 13.3. The highest BCUT2D eigenvalue weighted by molar-refractivity contribution is 5.96. The van der Waals surface area contributed by atoms with Crippen LogP contribution in [0.1, 0.15) is 37.7 Å². The summed E-state index contributed by atoms with van der Waals surface area (Å²) < 4.78 is 14.7. The molecule has 0 aliphatic heterocycles. The minimum Gasteiger partial charge on any atom is -0.384 e. The number of aromatic nitrogens is 7. The molecular weight excluding hydrogens is 579 g/mol. The van der Waals surface area contributed by atoms with E-state index in [1.807, 2.05) is 44.8 Å². The van der Waals surface area contributed by atoms with E-state index in [2.05, 4.69) is 57.8 Å². The van der Waals surface area contributed by atoms with E-state index in [9.17, 15) is 4.39 Å². The normalized spacial score (nSPS) is 14.1. The molecule has 0 bridgehead atoms. The molecule has 0 amide bonds. The average Bonchev–Trinajstić information content (AvgIpc) is 3.69. The number of fused-ring (bicyclic) bond motifs is 2. The summed E-state index contributed by atoms with van der Waals surface area (Å²) in [5, 5.41) is 15.3. The maximum absolute atomic E-state index is 14.7. The van der Waals surface area contributed by atoms with Crippen LogP contribution in [-0.2, 0) is 6.54 Å². The van der Waals surface area contributed by atoms with Crippen LogP contribution in [0, 0.1) is 11.7 Å². The molecule has 0 saturated heterocycles. The van der Waals surface area contributed by atoms with E-state index < -0.39 is 0 Å². The third-order valence-corrected chi connectivity index (χ3v) is 8.75. The van der Waals surface area contributed by atoms with Gasteiger partial charge in [-0.1, -0.05) is 19.3 Å². The fraction of sp³-hybridized carbons (Fsp3) is 0.343. The van der Waals surface area contributed by atoms with E-state index in [0.717, 1.165) is 64.4 Å². The van der Waals surface area contributed by atoms with Gasteiger partial charge in [-0.2, -0.15) is 5.10 Å². The largest absolute Gasteiger partial charge is 0.384 e. The van der Waals surface area contributed by atoms with Crippen molar-refractivity contribution < 1.29 is 4.39 Å². The van der Waals surface area contributed by atoms with Crippen molar-refractivity contribution in [2.24, 2.45) is 5.92 Å². The number of rotatable bonds is 11. The molecule has 5 heterocycles. The number of imidazole rings is 1. The van der Waals surface area contributed by atoms with Crippen molar-refractivity contribution in [3.05, 3.63) is 72.6 Å². The maximum atomic E-state index is 14.7. The first-order valence-corrected chi connectivity index (χ1v) is 16.0. The number of anilines is 1. The van der Waals surface area contributed by atoms with Gasteiger partial charge in [-0.05, 0) is 86.9 Å². The highest BCUT2D eigenvalue weighted by Crippen LogP contribution is 2.33. The van der Waals surface area contributed by atoms with Crippen molar-refractivity contribution in [1.29, 1.82) is 0 Å².